The highest BCUT2D eigenvalue weighted by molar-refractivity contribution is 6.22. The van der Waals surface area contributed by atoms with Crippen LogP contribution in [0.5, 0.6) is 5.75 Å². The first-order valence-electron chi connectivity index (χ1n) is 10.4. The lowest BCUT2D eigenvalue weighted by atomic mass is 9.78. The highest BCUT2D eigenvalue weighted by atomic mass is 16.5. The number of esters is 1. The van der Waals surface area contributed by atoms with E-state index in [1.54, 1.807) is 36.4 Å². The molecule has 1 saturated heterocycles. The fraction of sp³-hybridized carbons (Fsp3) is 0.280. The molecular formula is C25H23NO6. The first-order chi connectivity index (χ1) is 15.4. The number of carbonyl (C=O) groups excluding carboxylic acids is 4. The topological polar surface area (TPSA) is 90.0 Å². The van der Waals surface area contributed by atoms with E-state index in [4.69, 9.17) is 9.47 Å². The Bertz CT molecular complexity index is 1100. The molecule has 7 heteroatoms. The lowest BCUT2D eigenvalue weighted by Gasteiger charge is -2.22. The number of imide groups is 1. The summed E-state index contributed by atoms with van der Waals surface area (Å²) in [6.07, 6.45) is 4.43. The van der Waals surface area contributed by atoms with Crippen LogP contribution in [-0.4, -0.2) is 37.3 Å². The van der Waals surface area contributed by atoms with Crippen LogP contribution in [0.1, 0.15) is 34.1 Å². The Kier molecular flexibility index (Phi) is 5.90. The molecule has 1 heterocycles. The van der Waals surface area contributed by atoms with E-state index in [-0.39, 0.29) is 40.9 Å². The first kappa shape index (κ1) is 21.5. The molecule has 2 amide bonds. The predicted molar refractivity (Wildman–Crippen MR) is 116 cm³/mol. The van der Waals surface area contributed by atoms with Crippen molar-refractivity contribution in [3.63, 3.8) is 0 Å². The van der Waals surface area contributed by atoms with Gasteiger partial charge in [0, 0.05) is 5.56 Å². The SMILES string of the molecule is COc1ccc(C(=O)COC(=O)c2cccc(N3C(=O)[C@@H]4[C@H](C)C=CC[C@@H]4C3=O)c2)cc1. The largest absolute Gasteiger partial charge is 0.497 e. The summed E-state index contributed by atoms with van der Waals surface area (Å²) in [5, 5.41) is 0. The van der Waals surface area contributed by atoms with Gasteiger partial charge in [0.05, 0.1) is 30.2 Å². The summed E-state index contributed by atoms with van der Waals surface area (Å²) in [7, 11) is 1.53. The Hall–Kier alpha value is -3.74. The zero-order valence-corrected chi connectivity index (χ0v) is 17.8. The van der Waals surface area contributed by atoms with Crippen LogP contribution < -0.4 is 9.64 Å². The van der Waals surface area contributed by atoms with Crippen molar-refractivity contribution in [3.8, 4) is 5.75 Å². The molecule has 0 N–H and O–H groups in total. The number of hydrogen-bond acceptors (Lipinski definition) is 6. The monoisotopic (exact) mass is 433 g/mol. The Labute approximate surface area is 185 Å². The molecular weight excluding hydrogens is 410 g/mol. The number of ketones is 1. The van der Waals surface area contributed by atoms with Crippen LogP contribution >= 0.6 is 0 Å². The maximum atomic E-state index is 13.0. The van der Waals surface area contributed by atoms with Gasteiger partial charge in [-0.1, -0.05) is 25.1 Å². The fourth-order valence-electron chi connectivity index (χ4n) is 4.25. The van der Waals surface area contributed by atoms with Gasteiger partial charge >= 0.3 is 5.97 Å². The van der Waals surface area contributed by atoms with Crippen LogP contribution in [0.25, 0.3) is 0 Å². The molecule has 0 spiro atoms. The molecule has 0 unspecified atom stereocenters. The molecule has 2 aliphatic rings. The van der Waals surface area contributed by atoms with Crippen LogP contribution in [-0.2, 0) is 14.3 Å². The van der Waals surface area contributed by atoms with Gasteiger partial charge in [-0.05, 0) is 54.8 Å². The van der Waals surface area contributed by atoms with E-state index in [2.05, 4.69) is 0 Å². The number of Topliss-reactive ketones (excluding diaryl/α,β-unsaturated/α-hetero) is 1. The van der Waals surface area contributed by atoms with E-state index in [9.17, 15) is 19.2 Å². The molecule has 7 nitrogen and oxygen atoms in total. The maximum Gasteiger partial charge on any atom is 0.338 e. The maximum absolute atomic E-state index is 13.0. The zero-order chi connectivity index (χ0) is 22.8. The van der Waals surface area contributed by atoms with E-state index in [1.807, 2.05) is 19.1 Å². The van der Waals surface area contributed by atoms with Crippen molar-refractivity contribution in [3.05, 3.63) is 71.8 Å². The molecule has 164 valence electrons. The Morgan fingerprint density at radius 3 is 2.47 bits per heavy atom. The zero-order valence-electron chi connectivity index (χ0n) is 17.8. The van der Waals surface area contributed by atoms with Crippen molar-refractivity contribution in [2.75, 3.05) is 18.6 Å². The normalized spacial score (nSPS) is 21.9. The van der Waals surface area contributed by atoms with Gasteiger partial charge in [0.2, 0.25) is 11.8 Å². The second-order valence-electron chi connectivity index (χ2n) is 7.95. The van der Waals surface area contributed by atoms with Crippen molar-refractivity contribution in [2.45, 2.75) is 13.3 Å². The van der Waals surface area contributed by atoms with Crippen LogP contribution in [0.2, 0.25) is 0 Å². The molecule has 32 heavy (non-hydrogen) atoms. The van der Waals surface area contributed by atoms with Gasteiger partial charge < -0.3 is 9.47 Å². The second-order valence-corrected chi connectivity index (χ2v) is 7.95. The highest BCUT2D eigenvalue weighted by Crippen LogP contribution is 2.40. The van der Waals surface area contributed by atoms with Gasteiger partial charge in [0.1, 0.15) is 5.75 Å². The molecule has 2 aromatic rings. The van der Waals surface area contributed by atoms with Gasteiger partial charge in [-0.15, -0.1) is 0 Å². The predicted octanol–water partition coefficient (Wildman–Crippen LogP) is 3.44. The summed E-state index contributed by atoms with van der Waals surface area (Å²) in [6.45, 7) is 1.50. The molecule has 3 atom stereocenters. The molecule has 0 aromatic heterocycles. The first-order valence-corrected chi connectivity index (χ1v) is 10.4. The van der Waals surface area contributed by atoms with E-state index in [0.29, 0.717) is 23.4 Å². The summed E-state index contributed by atoms with van der Waals surface area (Å²) in [6, 6.07) is 12.7. The minimum Gasteiger partial charge on any atom is -0.497 e. The average molecular weight is 433 g/mol. The minimum atomic E-state index is -0.708. The van der Waals surface area contributed by atoms with Crippen LogP contribution in [0.3, 0.4) is 0 Å². The summed E-state index contributed by atoms with van der Waals surface area (Å²) < 4.78 is 10.2. The quantitative estimate of drug-likeness (QED) is 0.300. The number of rotatable bonds is 6. The van der Waals surface area contributed by atoms with Crippen molar-refractivity contribution in [1.29, 1.82) is 0 Å². The molecule has 2 aromatic carbocycles. The Morgan fingerprint density at radius 1 is 1.03 bits per heavy atom. The summed E-state index contributed by atoms with van der Waals surface area (Å²) in [4.78, 5) is 51.8. The van der Waals surface area contributed by atoms with E-state index in [1.165, 1.54) is 19.2 Å². The van der Waals surface area contributed by atoms with Crippen LogP contribution in [0.15, 0.2) is 60.7 Å². The highest BCUT2D eigenvalue weighted by Gasteiger charge is 2.50. The summed E-state index contributed by atoms with van der Waals surface area (Å²) in [5.74, 6) is -1.73. The smallest absolute Gasteiger partial charge is 0.338 e. The fourth-order valence-corrected chi connectivity index (χ4v) is 4.25. The van der Waals surface area contributed by atoms with Gasteiger partial charge in [-0.25, -0.2) is 4.79 Å². The number of methoxy groups -OCH3 is 1. The van der Waals surface area contributed by atoms with Gasteiger partial charge in [-0.3, -0.25) is 19.3 Å². The lowest BCUT2D eigenvalue weighted by molar-refractivity contribution is -0.122. The lowest BCUT2D eigenvalue weighted by Crippen LogP contribution is -2.31. The van der Waals surface area contributed by atoms with E-state index < -0.39 is 12.6 Å². The molecule has 4 rings (SSSR count). The summed E-state index contributed by atoms with van der Waals surface area (Å²) in [5.41, 5.74) is 0.884. The molecule has 1 aliphatic heterocycles. The minimum absolute atomic E-state index is 0.0210. The molecule has 0 bridgehead atoms. The standard InChI is InChI=1S/C25H23NO6/c1-15-5-3-8-20-22(15)24(29)26(23(20)28)18-7-4-6-17(13-18)25(30)32-14-21(27)16-9-11-19(31-2)12-10-16/h3-7,9-13,15,20,22H,8,14H2,1-2H3/t15-,20+,22-/m1/s1. The number of allylic oxidation sites excluding steroid dienone is 2. The van der Waals surface area contributed by atoms with Gasteiger partial charge in [0.15, 0.2) is 12.4 Å². The number of fused-ring (bicyclic) bond motifs is 1. The van der Waals surface area contributed by atoms with E-state index >= 15 is 0 Å². The molecule has 1 fully saturated rings. The molecule has 0 saturated carbocycles. The average Bonchev–Trinajstić information content (AvgIpc) is 3.08. The van der Waals surface area contributed by atoms with Gasteiger partial charge in [0.25, 0.3) is 0 Å². The van der Waals surface area contributed by atoms with Crippen LogP contribution in [0, 0.1) is 17.8 Å². The van der Waals surface area contributed by atoms with Crippen LogP contribution in [0.4, 0.5) is 5.69 Å². The third-order valence-corrected chi connectivity index (χ3v) is 5.96. The number of anilines is 1. The Morgan fingerprint density at radius 2 is 1.78 bits per heavy atom. The van der Waals surface area contributed by atoms with Gasteiger partial charge in [-0.2, -0.15) is 0 Å². The second kappa shape index (κ2) is 8.78. The number of ether oxygens (including phenoxy) is 2. The molecule has 1 aliphatic carbocycles. The Balaban J connectivity index is 1.45. The van der Waals surface area contributed by atoms with Crippen molar-refractivity contribution in [1.82, 2.24) is 0 Å². The molecule has 0 radical (unpaired) electrons. The third kappa shape index (κ3) is 3.93. The number of benzene rings is 2. The number of hydrogen-bond donors (Lipinski definition) is 0. The van der Waals surface area contributed by atoms with E-state index in [0.717, 1.165) is 4.90 Å². The summed E-state index contributed by atoms with van der Waals surface area (Å²) >= 11 is 0. The number of carbonyl (C=O) groups is 4. The van der Waals surface area contributed by atoms with Crippen molar-refractivity contribution >= 4 is 29.3 Å². The van der Waals surface area contributed by atoms with Crippen molar-refractivity contribution < 1.29 is 28.7 Å². The third-order valence-electron chi connectivity index (χ3n) is 5.96. The number of nitrogens with zero attached hydrogens (tertiary/aromatic N) is 1. The van der Waals surface area contributed by atoms with Crippen molar-refractivity contribution in [2.24, 2.45) is 17.8 Å². The number of amides is 2.